The summed E-state index contributed by atoms with van der Waals surface area (Å²) in [6.07, 6.45) is 2.59. The van der Waals surface area contributed by atoms with E-state index in [4.69, 9.17) is 9.15 Å². The topological polar surface area (TPSA) is 39.4 Å². The summed E-state index contributed by atoms with van der Waals surface area (Å²) in [4.78, 5) is 12.2. The lowest BCUT2D eigenvalue weighted by molar-refractivity contribution is 0.302. The molecule has 1 aromatic heterocycles. The maximum Gasteiger partial charge on any atom is 0.336 e. The van der Waals surface area contributed by atoms with E-state index in [0.717, 1.165) is 47.1 Å². The van der Waals surface area contributed by atoms with Gasteiger partial charge in [-0.3, -0.25) is 0 Å². The van der Waals surface area contributed by atoms with Gasteiger partial charge in [0.25, 0.3) is 0 Å². The van der Waals surface area contributed by atoms with Crippen molar-refractivity contribution in [1.82, 2.24) is 0 Å². The van der Waals surface area contributed by atoms with Gasteiger partial charge in [-0.2, -0.15) is 0 Å². The van der Waals surface area contributed by atoms with Crippen molar-refractivity contribution in [2.75, 3.05) is 0 Å². The first-order valence-electron chi connectivity index (χ1n) is 9.63. The molecule has 0 radical (unpaired) electrons. The molecule has 0 saturated carbocycles. The molecule has 0 fully saturated rings. The fraction of sp³-hybridized carbons (Fsp3) is 0.375. The molecule has 0 unspecified atom stereocenters. The molecule has 0 spiro atoms. The minimum Gasteiger partial charge on any atom is -0.488 e. The average Bonchev–Trinajstić information content (AvgIpc) is 2.61. The van der Waals surface area contributed by atoms with E-state index in [1.165, 1.54) is 0 Å². The second-order valence-electron chi connectivity index (χ2n) is 8.27. The third kappa shape index (κ3) is 4.79. The molecule has 0 saturated heterocycles. The molecule has 3 aromatic rings. The standard InChI is InChI=1S/C24H28O3/c1-5-9-20-21(26-16-17-10-7-6-8-11-17)13-12-19-18(15-24(2,3)4)14-22(25)27-23(19)20/h6-8,10-14H,5,9,15-16H2,1-4H3. The van der Waals surface area contributed by atoms with Crippen LogP contribution in [0.2, 0.25) is 0 Å². The molecule has 0 aliphatic carbocycles. The fourth-order valence-corrected chi connectivity index (χ4v) is 3.40. The van der Waals surface area contributed by atoms with Gasteiger partial charge in [0.1, 0.15) is 17.9 Å². The third-order valence-corrected chi connectivity index (χ3v) is 4.52. The van der Waals surface area contributed by atoms with E-state index < -0.39 is 0 Å². The zero-order chi connectivity index (χ0) is 19.4. The maximum atomic E-state index is 12.2. The Bertz CT molecular complexity index is 963. The summed E-state index contributed by atoms with van der Waals surface area (Å²) in [7, 11) is 0. The lowest BCUT2D eigenvalue weighted by Gasteiger charge is -2.20. The zero-order valence-corrected chi connectivity index (χ0v) is 16.7. The highest BCUT2D eigenvalue weighted by molar-refractivity contribution is 5.85. The molecule has 3 heteroatoms. The van der Waals surface area contributed by atoms with Gasteiger partial charge in [0.05, 0.1) is 0 Å². The molecule has 2 aromatic carbocycles. The minimum atomic E-state index is -0.292. The molecule has 0 aliphatic rings. The summed E-state index contributed by atoms with van der Waals surface area (Å²) in [5.41, 5.74) is 3.62. The Balaban J connectivity index is 2.05. The maximum absolute atomic E-state index is 12.2. The number of hydrogen-bond donors (Lipinski definition) is 0. The lowest BCUT2D eigenvalue weighted by atomic mass is 9.86. The van der Waals surface area contributed by atoms with Crippen LogP contribution in [0.15, 0.2) is 57.7 Å². The normalized spacial score (nSPS) is 11.7. The first-order valence-corrected chi connectivity index (χ1v) is 9.63. The van der Waals surface area contributed by atoms with Gasteiger partial charge in [-0.15, -0.1) is 0 Å². The predicted octanol–water partition coefficient (Wildman–Crippen LogP) is 5.91. The van der Waals surface area contributed by atoms with Crippen LogP contribution in [0, 0.1) is 5.41 Å². The smallest absolute Gasteiger partial charge is 0.336 e. The summed E-state index contributed by atoms with van der Waals surface area (Å²) in [5.74, 6) is 0.796. The molecular weight excluding hydrogens is 336 g/mol. The van der Waals surface area contributed by atoms with Crippen molar-refractivity contribution in [3.05, 3.63) is 75.6 Å². The molecule has 0 amide bonds. The average molecular weight is 364 g/mol. The van der Waals surface area contributed by atoms with Crippen LogP contribution in [0.3, 0.4) is 0 Å². The van der Waals surface area contributed by atoms with Crippen molar-refractivity contribution in [2.24, 2.45) is 5.41 Å². The second kappa shape index (κ2) is 7.99. The second-order valence-corrected chi connectivity index (χ2v) is 8.27. The van der Waals surface area contributed by atoms with Crippen LogP contribution in [-0.4, -0.2) is 0 Å². The van der Waals surface area contributed by atoms with E-state index in [1.54, 1.807) is 6.07 Å². The zero-order valence-electron chi connectivity index (χ0n) is 16.7. The van der Waals surface area contributed by atoms with E-state index in [9.17, 15) is 4.79 Å². The number of aryl methyl sites for hydroxylation is 1. The number of fused-ring (bicyclic) bond motifs is 1. The predicted molar refractivity (Wildman–Crippen MR) is 110 cm³/mol. The SMILES string of the molecule is CCCc1c(OCc2ccccc2)ccc2c(CC(C)(C)C)cc(=O)oc12. The highest BCUT2D eigenvalue weighted by atomic mass is 16.5. The Morgan fingerprint density at radius 2 is 1.78 bits per heavy atom. The van der Waals surface area contributed by atoms with Gasteiger partial charge in [0.15, 0.2) is 0 Å². The molecule has 3 nitrogen and oxygen atoms in total. The molecule has 0 atom stereocenters. The number of rotatable bonds is 6. The Kier molecular flexibility index (Phi) is 5.69. The van der Waals surface area contributed by atoms with Crippen molar-refractivity contribution < 1.29 is 9.15 Å². The first-order chi connectivity index (χ1) is 12.9. The van der Waals surface area contributed by atoms with E-state index in [1.807, 2.05) is 42.5 Å². The van der Waals surface area contributed by atoms with E-state index in [2.05, 4.69) is 27.7 Å². The van der Waals surface area contributed by atoms with Gasteiger partial charge >= 0.3 is 5.63 Å². The van der Waals surface area contributed by atoms with E-state index in [0.29, 0.717) is 12.2 Å². The van der Waals surface area contributed by atoms with Gasteiger partial charge in [0, 0.05) is 17.0 Å². The van der Waals surface area contributed by atoms with Crippen molar-refractivity contribution >= 4 is 11.0 Å². The quantitative estimate of drug-likeness (QED) is 0.510. The first kappa shape index (κ1) is 19.2. The van der Waals surface area contributed by atoms with Gasteiger partial charge in [-0.1, -0.05) is 64.4 Å². The Hall–Kier alpha value is -2.55. The van der Waals surface area contributed by atoms with Crippen LogP contribution < -0.4 is 10.4 Å². The van der Waals surface area contributed by atoms with Gasteiger partial charge in [-0.25, -0.2) is 4.79 Å². The molecule has 0 N–H and O–H groups in total. The molecule has 1 heterocycles. The summed E-state index contributed by atoms with van der Waals surface area (Å²) >= 11 is 0. The highest BCUT2D eigenvalue weighted by Gasteiger charge is 2.18. The Morgan fingerprint density at radius 1 is 1.04 bits per heavy atom. The summed E-state index contributed by atoms with van der Waals surface area (Å²) in [5, 5.41) is 1.01. The van der Waals surface area contributed by atoms with Crippen molar-refractivity contribution in [3.8, 4) is 5.75 Å². The van der Waals surface area contributed by atoms with Crippen LogP contribution in [0.5, 0.6) is 5.75 Å². The molecule has 27 heavy (non-hydrogen) atoms. The van der Waals surface area contributed by atoms with Crippen molar-refractivity contribution in [2.45, 2.75) is 53.6 Å². The van der Waals surface area contributed by atoms with Crippen LogP contribution in [0.25, 0.3) is 11.0 Å². The molecule has 142 valence electrons. The van der Waals surface area contributed by atoms with E-state index in [-0.39, 0.29) is 11.0 Å². The largest absolute Gasteiger partial charge is 0.488 e. The number of benzene rings is 2. The minimum absolute atomic E-state index is 0.0914. The third-order valence-electron chi connectivity index (χ3n) is 4.52. The number of hydrogen-bond acceptors (Lipinski definition) is 3. The van der Waals surface area contributed by atoms with Crippen LogP contribution in [-0.2, 0) is 19.4 Å². The Morgan fingerprint density at radius 3 is 2.44 bits per heavy atom. The monoisotopic (exact) mass is 364 g/mol. The highest BCUT2D eigenvalue weighted by Crippen LogP contribution is 2.33. The molecule has 3 rings (SSSR count). The van der Waals surface area contributed by atoms with Crippen molar-refractivity contribution in [3.63, 3.8) is 0 Å². The van der Waals surface area contributed by atoms with Gasteiger partial charge in [0.2, 0.25) is 0 Å². The molecular formula is C24H28O3. The van der Waals surface area contributed by atoms with Crippen LogP contribution >= 0.6 is 0 Å². The molecule has 0 bridgehead atoms. The molecule has 0 aliphatic heterocycles. The fourth-order valence-electron chi connectivity index (χ4n) is 3.40. The van der Waals surface area contributed by atoms with Crippen molar-refractivity contribution in [1.29, 1.82) is 0 Å². The summed E-state index contributed by atoms with van der Waals surface area (Å²) in [6.45, 7) is 9.15. The summed E-state index contributed by atoms with van der Waals surface area (Å²) in [6, 6.07) is 15.8. The van der Waals surface area contributed by atoms with Gasteiger partial charge in [-0.05, 0) is 41.5 Å². The lowest BCUT2D eigenvalue weighted by Crippen LogP contribution is -2.12. The number of ether oxygens (including phenoxy) is 1. The van der Waals surface area contributed by atoms with Gasteiger partial charge < -0.3 is 9.15 Å². The van der Waals surface area contributed by atoms with E-state index >= 15 is 0 Å². The van der Waals surface area contributed by atoms with Crippen LogP contribution in [0.1, 0.15) is 50.8 Å². The summed E-state index contributed by atoms with van der Waals surface area (Å²) < 4.78 is 11.8. The Labute approximate surface area is 161 Å². The van der Waals surface area contributed by atoms with Crippen LogP contribution in [0.4, 0.5) is 0 Å².